The number of carbonyl (C=O) groups is 1. The van der Waals surface area contributed by atoms with Crippen molar-refractivity contribution in [2.75, 3.05) is 20.8 Å². The summed E-state index contributed by atoms with van der Waals surface area (Å²) < 4.78 is 16.8. The van der Waals surface area contributed by atoms with Gasteiger partial charge in [-0.2, -0.15) is 0 Å². The van der Waals surface area contributed by atoms with Crippen molar-refractivity contribution in [1.82, 2.24) is 0 Å². The van der Waals surface area contributed by atoms with E-state index in [1.54, 1.807) is 26.4 Å². The van der Waals surface area contributed by atoms with Crippen LogP contribution < -0.4 is 19.5 Å². The third-order valence-corrected chi connectivity index (χ3v) is 6.44. The molecule has 0 amide bonds. The quantitative estimate of drug-likeness (QED) is 0.351. The monoisotopic (exact) mass is 424 g/mol. The summed E-state index contributed by atoms with van der Waals surface area (Å²) in [7, 11) is 3.12. The van der Waals surface area contributed by atoms with Crippen LogP contribution >= 0.6 is 8.58 Å². The molecule has 0 aromatic heterocycles. The molecule has 0 N–H and O–H groups in total. The number of unbranched alkanes of at least 4 members (excludes halogenated alkanes) is 1. The molecular formula is C24H34LiO4P. The van der Waals surface area contributed by atoms with Crippen molar-refractivity contribution < 1.29 is 19.0 Å². The molecule has 2 rings (SSSR count). The molecule has 160 valence electrons. The Hall–Kier alpha value is -1.46. The first-order valence-electron chi connectivity index (χ1n) is 10.3. The summed E-state index contributed by atoms with van der Waals surface area (Å²) in [5, 5.41) is 1.01. The average Bonchev–Trinajstić information content (AvgIpc) is 2.74. The van der Waals surface area contributed by atoms with E-state index < -0.39 is 0 Å². The van der Waals surface area contributed by atoms with E-state index in [-0.39, 0.29) is 33.0 Å². The van der Waals surface area contributed by atoms with E-state index in [4.69, 9.17) is 14.2 Å². The van der Waals surface area contributed by atoms with Gasteiger partial charge in [-0.25, -0.2) is 0 Å². The molecule has 0 bridgehead atoms. The van der Waals surface area contributed by atoms with E-state index in [1.807, 2.05) is 31.2 Å². The van der Waals surface area contributed by atoms with Crippen LogP contribution in [0, 0.1) is 12.8 Å². The second kappa shape index (κ2) is 13.8. The summed E-state index contributed by atoms with van der Waals surface area (Å²) in [6.07, 6.45) is 4.81. The fourth-order valence-corrected chi connectivity index (χ4v) is 4.29. The Labute approximate surface area is 195 Å². The van der Waals surface area contributed by atoms with Gasteiger partial charge in [-0.1, -0.05) is 45.2 Å². The molecule has 0 heterocycles. The van der Waals surface area contributed by atoms with Gasteiger partial charge < -0.3 is 14.2 Å². The molecular weight excluding hydrogens is 390 g/mol. The number of carbonyl (C=O) groups excluding carboxylic acids is 1. The minimum absolute atomic E-state index is 0. The van der Waals surface area contributed by atoms with Crippen LogP contribution in [0.4, 0.5) is 0 Å². The molecule has 0 aliphatic carbocycles. The van der Waals surface area contributed by atoms with Gasteiger partial charge in [0.15, 0.2) is 5.52 Å². The van der Waals surface area contributed by atoms with E-state index in [0.717, 1.165) is 29.6 Å². The van der Waals surface area contributed by atoms with Gasteiger partial charge in [0.25, 0.3) is 0 Å². The Bertz CT molecular complexity index is 788. The van der Waals surface area contributed by atoms with Crippen molar-refractivity contribution in [2.24, 2.45) is 5.92 Å². The van der Waals surface area contributed by atoms with Gasteiger partial charge in [0.2, 0.25) is 0 Å². The van der Waals surface area contributed by atoms with Crippen molar-refractivity contribution >= 4 is 38.3 Å². The zero-order valence-electron chi connectivity index (χ0n) is 18.2. The molecule has 2 atom stereocenters. The Morgan fingerprint density at radius 2 is 1.73 bits per heavy atom. The van der Waals surface area contributed by atoms with Crippen LogP contribution in [0.5, 0.6) is 17.2 Å². The molecule has 0 saturated heterocycles. The van der Waals surface area contributed by atoms with Crippen molar-refractivity contribution in [2.45, 2.75) is 46.5 Å². The molecule has 6 heteroatoms. The predicted octanol–water partition coefficient (Wildman–Crippen LogP) is 5.10. The molecule has 0 spiro atoms. The van der Waals surface area contributed by atoms with Gasteiger partial charge in [0, 0.05) is 0 Å². The zero-order chi connectivity index (χ0) is 21.2. The number of aryl methyl sites for hydroxylation is 1. The second-order valence-electron chi connectivity index (χ2n) is 7.20. The number of benzene rings is 2. The molecule has 0 aliphatic rings. The third-order valence-electron chi connectivity index (χ3n) is 5.13. The fourth-order valence-electron chi connectivity index (χ4n) is 3.24. The number of ether oxygens (including phenoxy) is 3. The average molecular weight is 424 g/mol. The van der Waals surface area contributed by atoms with Crippen LogP contribution in [-0.4, -0.2) is 45.2 Å². The number of rotatable bonds is 12. The SMILES string of the molecule is CCCCC(CC)COc1ccc(PC(=O)c2c(OC)cccc2OC)c(C)c1.[LiH]. The molecule has 4 nitrogen and oxygen atoms in total. The minimum atomic E-state index is -0.00738. The van der Waals surface area contributed by atoms with Gasteiger partial charge in [-0.15, -0.1) is 0 Å². The third kappa shape index (κ3) is 7.35. The summed E-state index contributed by atoms with van der Waals surface area (Å²) in [6.45, 7) is 7.21. The number of methoxy groups -OCH3 is 2. The molecule has 30 heavy (non-hydrogen) atoms. The standard InChI is InChI=1S/C24H33O4P.Li.H/c1-6-8-10-18(7-2)16-28-19-13-14-22(17(3)15-19)29-24(25)23-20(26-4)11-9-12-21(23)27-5;;/h9,11-15,18,29H,6-8,10,16H2,1-5H3;;. The first kappa shape index (κ1) is 26.6. The number of hydrogen-bond donors (Lipinski definition) is 0. The van der Waals surface area contributed by atoms with Crippen LogP contribution in [0.25, 0.3) is 0 Å². The van der Waals surface area contributed by atoms with Gasteiger partial charge in [-0.05, 0) is 63.0 Å². The molecule has 2 aromatic carbocycles. The maximum absolute atomic E-state index is 13.0. The predicted molar refractivity (Wildman–Crippen MR) is 129 cm³/mol. The van der Waals surface area contributed by atoms with Gasteiger partial charge >= 0.3 is 18.9 Å². The van der Waals surface area contributed by atoms with Crippen molar-refractivity contribution in [3.63, 3.8) is 0 Å². The summed E-state index contributed by atoms with van der Waals surface area (Å²) in [5.41, 5.74) is 1.56. The molecule has 0 radical (unpaired) electrons. The van der Waals surface area contributed by atoms with Gasteiger partial charge in [0.1, 0.15) is 22.8 Å². The molecule has 0 saturated carbocycles. The molecule has 2 unspecified atom stereocenters. The van der Waals surface area contributed by atoms with E-state index in [1.165, 1.54) is 19.3 Å². The zero-order valence-corrected chi connectivity index (χ0v) is 19.2. The fraction of sp³-hybridized carbons (Fsp3) is 0.458. The van der Waals surface area contributed by atoms with E-state index >= 15 is 0 Å². The normalized spacial score (nSPS) is 11.8. The topological polar surface area (TPSA) is 44.8 Å². The Kier molecular flexibility index (Phi) is 12.2. The van der Waals surface area contributed by atoms with Gasteiger partial charge in [0.05, 0.1) is 20.8 Å². The maximum atomic E-state index is 13.0. The summed E-state index contributed by atoms with van der Waals surface area (Å²) >= 11 is 0. The van der Waals surface area contributed by atoms with Crippen LogP contribution in [0.1, 0.15) is 55.5 Å². The molecule has 2 aromatic rings. The van der Waals surface area contributed by atoms with Crippen LogP contribution in [0.15, 0.2) is 36.4 Å². The first-order chi connectivity index (χ1) is 14.0. The summed E-state index contributed by atoms with van der Waals surface area (Å²) in [6, 6.07) is 11.4. The van der Waals surface area contributed by atoms with E-state index in [0.29, 0.717) is 23.0 Å². The summed E-state index contributed by atoms with van der Waals surface area (Å²) in [5.74, 6) is 2.54. The second-order valence-corrected chi connectivity index (χ2v) is 8.44. The van der Waals surface area contributed by atoms with Crippen LogP contribution in [0.2, 0.25) is 0 Å². The van der Waals surface area contributed by atoms with Gasteiger partial charge in [-0.3, -0.25) is 4.79 Å². The number of hydrogen-bond acceptors (Lipinski definition) is 4. The van der Waals surface area contributed by atoms with Crippen LogP contribution in [0.3, 0.4) is 0 Å². The van der Waals surface area contributed by atoms with Crippen molar-refractivity contribution in [3.05, 3.63) is 47.5 Å². The van der Waals surface area contributed by atoms with Crippen LogP contribution in [-0.2, 0) is 0 Å². The van der Waals surface area contributed by atoms with E-state index in [2.05, 4.69) is 13.8 Å². The molecule has 0 aliphatic heterocycles. The van der Waals surface area contributed by atoms with Crippen molar-refractivity contribution in [3.8, 4) is 17.2 Å². The summed E-state index contributed by atoms with van der Waals surface area (Å²) in [4.78, 5) is 13.0. The Morgan fingerprint density at radius 3 is 2.27 bits per heavy atom. The Morgan fingerprint density at radius 1 is 1.07 bits per heavy atom. The molecule has 0 fully saturated rings. The van der Waals surface area contributed by atoms with E-state index in [9.17, 15) is 4.79 Å². The van der Waals surface area contributed by atoms with Crippen molar-refractivity contribution in [1.29, 1.82) is 0 Å². The first-order valence-corrected chi connectivity index (χ1v) is 11.3. The Balaban J connectivity index is 0.00000450.